The van der Waals surface area contributed by atoms with Crippen LogP contribution in [0.15, 0.2) is 53.4 Å². The second-order valence-electron chi connectivity index (χ2n) is 8.79. The molecule has 0 amide bonds. The number of unbranched alkanes of at least 4 members (excludes halogenated alkanes) is 4. The number of quaternary nitrogens is 1. The van der Waals surface area contributed by atoms with E-state index < -0.39 is 10.1 Å². The quantitative estimate of drug-likeness (QED) is 0.224. The Bertz CT molecular complexity index is 847. The molecule has 174 valence electrons. The minimum atomic E-state index is -4.27. The Labute approximate surface area is 194 Å². The van der Waals surface area contributed by atoms with Crippen LogP contribution in [0, 0.1) is 6.92 Å². The second-order valence-corrected chi connectivity index (χ2v) is 10.6. The Balaban J connectivity index is 0.000000367. The number of halogens is 1. The van der Waals surface area contributed by atoms with Crippen molar-refractivity contribution in [3.63, 3.8) is 0 Å². The van der Waals surface area contributed by atoms with E-state index >= 15 is 0 Å². The first kappa shape index (κ1) is 27.6. The number of hydrogen-bond donors (Lipinski definition) is 0. The molecule has 0 saturated carbocycles. The molecule has 0 fully saturated rings. The molecule has 0 unspecified atom stereocenters. The Hall–Kier alpha value is -1.40. The van der Waals surface area contributed by atoms with Crippen LogP contribution in [0.25, 0.3) is 0 Å². The summed E-state index contributed by atoms with van der Waals surface area (Å²) >= 11 is 5.91. The van der Waals surface area contributed by atoms with Gasteiger partial charge in [-0.1, -0.05) is 67.6 Å². The van der Waals surface area contributed by atoms with E-state index in [2.05, 4.69) is 33.2 Å². The van der Waals surface area contributed by atoms with Crippen molar-refractivity contribution >= 4 is 21.7 Å². The van der Waals surface area contributed by atoms with Crippen LogP contribution in [0.5, 0.6) is 0 Å². The summed E-state index contributed by atoms with van der Waals surface area (Å²) in [5.41, 5.74) is 2.33. The molecule has 4 nitrogen and oxygen atoms in total. The molecule has 2 rings (SSSR count). The SMILES string of the molecule is CCCCCCC[N+](C)(C)CCCc1ccc(Cl)cc1.Cc1ccc(S(=O)(=O)[O-])cc1. The lowest BCUT2D eigenvalue weighted by Crippen LogP contribution is -2.41. The van der Waals surface area contributed by atoms with Crippen molar-refractivity contribution in [1.29, 1.82) is 0 Å². The third kappa shape index (κ3) is 12.9. The first-order valence-corrected chi connectivity index (χ1v) is 12.9. The van der Waals surface area contributed by atoms with Gasteiger partial charge in [0.15, 0.2) is 0 Å². The van der Waals surface area contributed by atoms with Crippen LogP contribution < -0.4 is 0 Å². The minimum absolute atomic E-state index is 0.178. The van der Waals surface area contributed by atoms with Crippen molar-refractivity contribution in [2.75, 3.05) is 27.2 Å². The monoisotopic (exact) mass is 467 g/mol. The van der Waals surface area contributed by atoms with Crippen molar-refractivity contribution in [3.8, 4) is 0 Å². The molecule has 0 saturated heterocycles. The smallest absolute Gasteiger partial charge is 0.124 e. The van der Waals surface area contributed by atoms with Crippen LogP contribution >= 0.6 is 11.6 Å². The highest BCUT2D eigenvalue weighted by molar-refractivity contribution is 7.85. The summed E-state index contributed by atoms with van der Waals surface area (Å²) in [5.74, 6) is 0. The normalized spacial score (nSPS) is 11.7. The highest BCUT2D eigenvalue weighted by Gasteiger charge is 2.13. The molecule has 2 aromatic carbocycles. The zero-order valence-electron chi connectivity index (χ0n) is 19.4. The lowest BCUT2D eigenvalue weighted by molar-refractivity contribution is -0.890. The molecule has 6 heteroatoms. The van der Waals surface area contributed by atoms with Crippen LogP contribution in [0.3, 0.4) is 0 Å². The summed E-state index contributed by atoms with van der Waals surface area (Å²) in [5, 5.41) is 0.831. The van der Waals surface area contributed by atoms with Gasteiger partial charge in [-0.25, -0.2) is 8.42 Å². The molecule has 0 bridgehead atoms. The van der Waals surface area contributed by atoms with Crippen molar-refractivity contribution in [1.82, 2.24) is 0 Å². The number of nitrogens with zero attached hydrogens (tertiary/aromatic N) is 1. The highest BCUT2D eigenvalue weighted by atomic mass is 35.5. The van der Waals surface area contributed by atoms with Gasteiger partial charge in [0.2, 0.25) is 0 Å². The highest BCUT2D eigenvalue weighted by Crippen LogP contribution is 2.13. The third-order valence-corrected chi connectivity index (χ3v) is 6.42. The molecule has 0 aliphatic heterocycles. The van der Waals surface area contributed by atoms with E-state index in [4.69, 9.17) is 11.6 Å². The Kier molecular flexibility index (Phi) is 12.4. The fraction of sp³-hybridized carbons (Fsp3) is 0.520. The predicted molar refractivity (Wildman–Crippen MR) is 130 cm³/mol. The van der Waals surface area contributed by atoms with Crippen LogP contribution in [0.1, 0.15) is 56.6 Å². The predicted octanol–water partition coefficient (Wildman–Crippen LogP) is 6.22. The molecule has 0 aromatic heterocycles. The van der Waals surface area contributed by atoms with Gasteiger partial charge in [-0.15, -0.1) is 0 Å². The minimum Gasteiger partial charge on any atom is -0.744 e. The van der Waals surface area contributed by atoms with Gasteiger partial charge in [-0.2, -0.15) is 0 Å². The van der Waals surface area contributed by atoms with Gasteiger partial charge in [0.1, 0.15) is 10.1 Å². The third-order valence-electron chi connectivity index (χ3n) is 5.32. The average molecular weight is 468 g/mol. The van der Waals surface area contributed by atoms with Crippen LogP contribution in [-0.2, 0) is 16.5 Å². The van der Waals surface area contributed by atoms with E-state index in [0.29, 0.717) is 0 Å². The lowest BCUT2D eigenvalue weighted by atomic mass is 10.1. The molecule has 0 atom stereocenters. The molecule has 0 aliphatic carbocycles. The lowest BCUT2D eigenvalue weighted by Gasteiger charge is -2.30. The number of hydrogen-bond acceptors (Lipinski definition) is 3. The summed E-state index contributed by atoms with van der Waals surface area (Å²) in [6.45, 7) is 6.67. The standard InChI is InChI=1S/C18H31ClN.C7H8O3S/c1-4-5-6-7-8-15-20(2,3)16-9-10-17-11-13-18(19)14-12-17;1-6-2-4-7(5-3-6)11(8,9)10/h11-14H,4-10,15-16H2,1-3H3;2-5H,1H3,(H,8,9,10)/q+1;/p-1. The first-order valence-electron chi connectivity index (χ1n) is 11.1. The number of benzene rings is 2. The molecular weight excluding hydrogens is 430 g/mol. The molecule has 0 heterocycles. The van der Waals surface area contributed by atoms with Crippen molar-refractivity contribution < 1.29 is 17.5 Å². The van der Waals surface area contributed by atoms with E-state index in [0.717, 1.165) is 21.5 Å². The van der Waals surface area contributed by atoms with Gasteiger partial charge in [0, 0.05) is 11.4 Å². The topological polar surface area (TPSA) is 57.2 Å². The average Bonchev–Trinajstić information content (AvgIpc) is 2.69. The van der Waals surface area contributed by atoms with Crippen LogP contribution in [0.4, 0.5) is 0 Å². The maximum atomic E-state index is 10.4. The molecule has 0 N–H and O–H groups in total. The van der Waals surface area contributed by atoms with Gasteiger partial charge >= 0.3 is 0 Å². The fourth-order valence-corrected chi connectivity index (χ4v) is 3.92. The van der Waals surface area contributed by atoms with Crippen molar-refractivity contribution in [3.05, 3.63) is 64.7 Å². The van der Waals surface area contributed by atoms with E-state index in [1.807, 2.05) is 19.1 Å². The van der Waals surface area contributed by atoms with E-state index in [-0.39, 0.29) is 4.90 Å². The summed E-state index contributed by atoms with van der Waals surface area (Å²) in [6.07, 6.45) is 9.31. The van der Waals surface area contributed by atoms with E-state index in [9.17, 15) is 13.0 Å². The molecule has 2 aromatic rings. The van der Waals surface area contributed by atoms with Crippen LogP contribution in [-0.4, -0.2) is 44.6 Å². The molecular formula is C25H38ClNO3S. The zero-order chi connectivity index (χ0) is 23.3. The van der Waals surface area contributed by atoms with Crippen LogP contribution in [0.2, 0.25) is 5.02 Å². The van der Waals surface area contributed by atoms with Gasteiger partial charge in [0.25, 0.3) is 0 Å². The molecule has 0 aliphatic rings. The van der Waals surface area contributed by atoms with E-state index in [1.165, 1.54) is 69.3 Å². The zero-order valence-corrected chi connectivity index (χ0v) is 21.0. The first-order chi connectivity index (χ1) is 14.5. The number of aryl methyl sites for hydroxylation is 2. The summed E-state index contributed by atoms with van der Waals surface area (Å²) in [6, 6.07) is 14.1. The van der Waals surface area contributed by atoms with Gasteiger partial charge in [0.05, 0.1) is 32.1 Å². The molecule has 0 spiro atoms. The Morgan fingerprint density at radius 2 is 1.39 bits per heavy atom. The maximum absolute atomic E-state index is 10.4. The van der Waals surface area contributed by atoms with E-state index in [1.54, 1.807) is 12.1 Å². The summed E-state index contributed by atoms with van der Waals surface area (Å²) in [4.78, 5) is -0.178. The second kappa shape index (κ2) is 13.9. The molecule has 0 radical (unpaired) electrons. The summed E-state index contributed by atoms with van der Waals surface area (Å²) < 4.78 is 32.3. The van der Waals surface area contributed by atoms with Gasteiger partial charge in [-0.05, 0) is 56.0 Å². The Morgan fingerprint density at radius 3 is 1.94 bits per heavy atom. The maximum Gasteiger partial charge on any atom is 0.124 e. The summed E-state index contributed by atoms with van der Waals surface area (Å²) in [7, 11) is 0.456. The fourth-order valence-electron chi connectivity index (χ4n) is 3.32. The Morgan fingerprint density at radius 1 is 0.839 bits per heavy atom. The number of rotatable bonds is 11. The van der Waals surface area contributed by atoms with Crippen molar-refractivity contribution in [2.45, 2.75) is 63.7 Å². The van der Waals surface area contributed by atoms with Gasteiger partial charge < -0.3 is 9.04 Å². The largest absolute Gasteiger partial charge is 0.744 e. The van der Waals surface area contributed by atoms with Crippen molar-refractivity contribution in [2.24, 2.45) is 0 Å². The molecule has 31 heavy (non-hydrogen) atoms. The van der Waals surface area contributed by atoms with Gasteiger partial charge in [-0.3, -0.25) is 0 Å².